The monoisotopic (exact) mass is 247 g/mol. The Morgan fingerprint density at radius 2 is 2.11 bits per heavy atom. The van der Waals surface area contributed by atoms with Crippen molar-refractivity contribution in [3.63, 3.8) is 0 Å². The Labute approximate surface area is 108 Å². The highest BCUT2D eigenvalue weighted by atomic mass is 16.3. The number of aliphatic hydroxyl groups is 1. The molecule has 3 heteroatoms. The SMILES string of the molecule is O=C(CCN1CCC(CCO)C1)c1ccccc1. The molecule has 1 N–H and O–H groups in total. The normalized spacial score (nSPS) is 20.2. The zero-order valence-corrected chi connectivity index (χ0v) is 10.7. The molecule has 0 spiro atoms. The third kappa shape index (κ3) is 3.65. The smallest absolute Gasteiger partial charge is 0.164 e. The van der Waals surface area contributed by atoms with Crippen LogP contribution in [0.25, 0.3) is 0 Å². The van der Waals surface area contributed by atoms with E-state index in [2.05, 4.69) is 4.90 Å². The second-order valence-corrected chi connectivity index (χ2v) is 5.01. The summed E-state index contributed by atoms with van der Waals surface area (Å²) in [7, 11) is 0. The van der Waals surface area contributed by atoms with Crippen molar-refractivity contribution in [2.75, 3.05) is 26.2 Å². The Hall–Kier alpha value is -1.19. The lowest BCUT2D eigenvalue weighted by Gasteiger charge is -2.15. The maximum atomic E-state index is 11.9. The van der Waals surface area contributed by atoms with Gasteiger partial charge in [0, 0.05) is 31.7 Å². The van der Waals surface area contributed by atoms with Crippen molar-refractivity contribution in [2.24, 2.45) is 5.92 Å². The molecule has 3 nitrogen and oxygen atoms in total. The number of hydrogen-bond donors (Lipinski definition) is 1. The van der Waals surface area contributed by atoms with E-state index in [-0.39, 0.29) is 12.4 Å². The summed E-state index contributed by atoms with van der Waals surface area (Å²) in [5.74, 6) is 0.836. The predicted molar refractivity (Wildman–Crippen MR) is 71.6 cm³/mol. The van der Waals surface area contributed by atoms with Crippen LogP contribution in [-0.4, -0.2) is 42.0 Å². The molecule has 18 heavy (non-hydrogen) atoms. The minimum absolute atomic E-state index is 0.223. The first-order chi connectivity index (χ1) is 8.79. The van der Waals surface area contributed by atoms with Gasteiger partial charge in [0.25, 0.3) is 0 Å². The van der Waals surface area contributed by atoms with Crippen LogP contribution >= 0.6 is 0 Å². The van der Waals surface area contributed by atoms with E-state index >= 15 is 0 Å². The molecule has 0 saturated carbocycles. The van der Waals surface area contributed by atoms with Crippen molar-refractivity contribution >= 4 is 5.78 Å². The van der Waals surface area contributed by atoms with Gasteiger partial charge in [-0.25, -0.2) is 0 Å². The van der Waals surface area contributed by atoms with E-state index in [0.29, 0.717) is 12.3 Å². The molecule has 0 radical (unpaired) electrons. The summed E-state index contributed by atoms with van der Waals surface area (Å²) in [4.78, 5) is 14.3. The van der Waals surface area contributed by atoms with Crippen molar-refractivity contribution in [1.29, 1.82) is 0 Å². The van der Waals surface area contributed by atoms with Gasteiger partial charge in [-0.2, -0.15) is 0 Å². The number of carbonyl (C=O) groups is 1. The minimum atomic E-state index is 0.223. The van der Waals surface area contributed by atoms with E-state index in [4.69, 9.17) is 5.11 Å². The molecule has 1 fully saturated rings. The number of rotatable bonds is 6. The molecule has 2 rings (SSSR count). The van der Waals surface area contributed by atoms with E-state index < -0.39 is 0 Å². The first-order valence-corrected chi connectivity index (χ1v) is 6.71. The Morgan fingerprint density at radius 3 is 2.83 bits per heavy atom. The van der Waals surface area contributed by atoms with Gasteiger partial charge in [0.2, 0.25) is 0 Å². The average Bonchev–Trinajstić information content (AvgIpc) is 2.85. The Morgan fingerprint density at radius 1 is 1.33 bits per heavy atom. The van der Waals surface area contributed by atoms with E-state index in [1.807, 2.05) is 30.3 Å². The number of carbonyl (C=O) groups excluding carboxylic acids is 1. The highest BCUT2D eigenvalue weighted by Gasteiger charge is 2.22. The third-order valence-corrected chi connectivity index (χ3v) is 3.66. The minimum Gasteiger partial charge on any atom is -0.396 e. The van der Waals surface area contributed by atoms with Crippen LogP contribution in [-0.2, 0) is 0 Å². The molecular weight excluding hydrogens is 226 g/mol. The zero-order chi connectivity index (χ0) is 12.8. The van der Waals surface area contributed by atoms with Crippen LogP contribution in [0.1, 0.15) is 29.6 Å². The third-order valence-electron chi connectivity index (χ3n) is 3.66. The van der Waals surface area contributed by atoms with Crippen LogP contribution in [0, 0.1) is 5.92 Å². The number of hydrogen-bond acceptors (Lipinski definition) is 3. The summed E-state index contributed by atoms with van der Waals surface area (Å²) in [6, 6.07) is 9.49. The van der Waals surface area contributed by atoms with Crippen molar-refractivity contribution in [1.82, 2.24) is 4.90 Å². The molecule has 1 unspecified atom stereocenters. The van der Waals surface area contributed by atoms with Gasteiger partial charge in [-0.1, -0.05) is 30.3 Å². The van der Waals surface area contributed by atoms with Gasteiger partial charge < -0.3 is 10.0 Å². The average molecular weight is 247 g/mol. The lowest BCUT2D eigenvalue weighted by Crippen LogP contribution is -2.24. The van der Waals surface area contributed by atoms with Crippen LogP contribution in [0.5, 0.6) is 0 Å². The molecule has 1 aliphatic heterocycles. The van der Waals surface area contributed by atoms with Crippen molar-refractivity contribution in [2.45, 2.75) is 19.3 Å². The quantitative estimate of drug-likeness (QED) is 0.781. The van der Waals surface area contributed by atoms with Crippen molar-refractivity contribution < 1.29 is 9.90 Å². The van der Waals surface area contributed by atoms with Crippen LogP contribution in [0.15, 0.2) is 30.3 Å². The fourth-order valence-corrected chi connectivity index (χ4v) is 2.56. The number of likely N-dealkylation sites (tertiary alicyclic amines) is 1. The fourth-order valence-electron chi connectivity index (χ4n) is 2.56. The highest BCUT2D eigenvalue weighted by Crippen LogP contribution is 2.19. The summed E-state index contributed by atoms with van der Waals surface area (Å²) in [5, 5.41) is 8.91. The second-order valence-electron chi connectivity index (χ2n) is 5.01. The molecule has 1 aromatic rings. The summed E-state index contributed by atoms with van der Waals surface area (Å²) < 4.78 is 0. The zero-order valence-electron chi connectivity index (χ0n) is 10.7. The van der Waals surface area contributed by atoms with Crippen LogP contribution in [0.4, 0.5) is 0 Å². The maximum absolute atomic E-state index is 11.9. The first-order valence-electron chi connectivity index (χ1n) is 6.71. The number of nitrogens with zero attached hydrogens (tertiary/aromatic N) is 1. The lowest BCUT2D eigenvalue weighted by molar-refractivity contribution is 0.0967. The van der Waals surface area contributed by atoms with Gasteiger partial charge in [0.1, 0.15) is 0 Å². The van der Waals surface area contributed by atoms with E-state index in [1.54, 1.807) is 0 Å². The number of Topliss-reactive ketones (excluding diaryl/α,β-unsaturated/α-hetero) is 1. The first kappa shape index (κ1) is 13.2. The molecule has 1 heterocycles. The largest absolute Gasteiger partial charge is 0.396 e. The van der Waals surface area contributed by atoms with Gasteiger partial charge in [-0.3, -0.25) is 4.79 Å². The van der Waals surface area contributed by atoms with Gasteiger partial charge in [-0.05, 0) is 25.3 Å². The molecule has 0 amide bonds. The van der Waals surface area contributed by atoms with Crippen molar-refractivity contribution in [3.8, 4) is 0 Å². The summed E-state index contributed by atoms with van der Waals surface area (Å²) in [6.07, 6.45) is 2.64. The standard InChI is InChI=1S/C15H21NO2/c17-11-8-13-6-9-16(12-13)10-7-15(18)14-4-2-1-3-5-14/h1-5,13,17H,6-12H2. The molecule has 98 valence electrons. The lowest BCUT2D eigenvalue weighted by atomic mass is 10.1. The Balaban J connectivity index is 1.74. The molecule has 0 aromatic heterocycles. The van der Waals surface area contributed by atoms with Gasteiger partial charge in [0.05, 0.1) is 0 Å². The molecule has 1 saturated heterocycles. The number of aliphatic hydroxyl groups excluding tert-OH is 1. The number of benzene rings is 1. The fraction of sp³-hybridized carbons (Fsp3) is 0.533. The second kappa shape index (κ2) is 6.66. The molecule has 1 aliphatic rings. The van der Waals surface area contributed by atoms with Crippen LogP contribution < -0.4 is 0 Å². The Bertz CT molecular complexity index is 377. The highest BCUT2D eigenvalue weighted by molar-refractivity contribution is 5.96. The summed E-state index contributed by atoms with van der Waals surface area (Å²) in [6.45, 7) is 3.21. The molecule has 0 aliphatic carbocycles. The van der Waals surface area contributed by atoms with E-state index in [0.717, 1.165) is 38.0 Å². The summed E-state index contributed by atoms with van der Waals surface area (Å²) >= 11 is 0. The predicted octanol–water partition coefficient (Wildman–Crippen LogP) is 1.96. The van der Waals surface area contributed by atoms with Gasteiger partial charge in [-0.15, -0.1) is 0 Å². The maximum Gasteiger partial charge on any atom is 0.164 e. The van der Waals surface area contributed by atoms with Gasteiger partial charge >= 0.3 is 0 Å². The summed E-state index contributed by atoms with van der Waals surface area (Å²) in [5.41, 5.74) is 0.809. The van der Waals surface area contributed by atoms with Crippen molar-refractivity contribution in [3.05, 3.63) is 35.9 Å². The van der Waals surface area contributed by atoms with Crippen LogP contribution in [0.3, 0.4) is 0 Å². The number of ketones is 1. The van der Waals surface area contributed by atoms with Gasteiger partial charge in [0.15, 0.2) is 5.78 Å². The molecular formula is C15H21NO2. The molecule has 1 atom stereocenters. The van der Waals surface area contributed by atoms with E-state index in [9.17, 15) is 4.79 Å². The molecule has 0 bridgehead atoms. The topological polar surface area (TPSA) is 40.5 Å². The Kier molecular flexibility index (Phi) is 4.90. The van der Waals surface area contributed by atoms with E-state index in [1.165, 1.54) is 0 Å². The molecule has 1 aromatic carbocycles. The van der Waals surface area contributed by atoms with Crippen LogP contribution in [0.2, 0.25) is 0 Å².